The number of benzene rings is 2. The fourth-order valence-electron chi connectivity index (χ4n) is 2.43. The van der Waals surface area contributed by atoms with Crippen molar-refractivity contribution in [2.24, 2.45) is 0 Å². The summed E-state index contributed by atoms with van der Waals surface area (Å²) in [6, 6.07) is 12.4. The largest absolute Gasteiger partial charge is 0.486 e. The first kappa shape index (κ1) is 14.3. The Labute approximate surface area is 137 Å². The Bertz CT molecular complexity index is 860. The molecule has 1 aliphatic heterocycles. The third kappa shape index (κ3) is 2.79. The Morgan fingerprint density at radius 2 is 1.83 bits per heavy atom. The Kier molecular flexibility index (Phi) is 3.59. The molecule has 0 bridgehead atoms. The van der Waals surface area contributed by atoms with E-state index in [9.17, 15) is 4.79 Å². The molecule has 0 saturated heterocycles. The van der Waals surface area contributed by atoms with Crippen LogP contribution in [-0.2, 0) is 0 Å². The Morgan fingerprint density at radius 1 is 1.04 bits per heavy atom. The average Bonchev–Trinajstić information content (AvgIpc) is 3.16. The van der Waals surface area contributed by atoms with Gasteiger partial charge in [0.25, 0.3) is 5.91 Å². The molecular weight excluding hydrogens is 308 g/mol. The molecule has 7 nitrogen and oxygen atoms in total. The van der Waals surface area contributed by atoms with Crippen molar-refractivity contribution in [2.45, 2.75) is 0 Å². The molecule has 2 aromatic carbocycles. The highest BCUT2D eigenvalue weighted by Gasteiger charge is 2.13. The van der Waals surface area contributed by atoms with Crippen molar-refractivity contribution in [1.29, 1.82) is 0 Å². The lowest BCUT2D eigenvalue weighted by Crippen LogP contribution is -2.16. The molecule has 24 heavy (non-hydrogen) atoms. The molecule has 1 aromatic heterocycles. The van der Waals surface area contributed by atoms with Crippen molar-refractivity contribution < 1.29 is 14.3 Å². The van der Waals surface area contributed by atoms with E-state index in [0.29, 0.717) is 36.0 Å². The van der Waals surface area contributed by atoms with Crippen LogP contribution >= 0.6 is 0 Å². The third-order valence-corrected chi connectivity index (χ3v) is 3.61. The van der Waals surface area contributed by atoms with Gasteiger partial charge in [0.1, 0.15) is 25.9 Å². The van der Waals surface area contributed by atoms with E-state index >= 15 is 0 Å². The average molecular weight is 322 g/mol. The first-order valence-corrected chi connectivity index (χ1v) is 7.46. The molecule has 7 heteroatoms. The smallest absolute Gasteiger partial charge is 0.255 e. The van der Waals surface area contributed by atoms with Crippen molar-refractivity contribution in [2.75, 3.05) is 18.5 Å². The number of fused-ring (bicyclic) bond motifs is 1. The van der Waals surface area contributed by atoms with Crippen LogP contribution < -0.4 is 14.8 Å². The van der Waals surface area contributed by atoms with E-state index in [-0.39, 0.29) is 5.91 Å². The van der Waals surface area contributed by atoms with E-state index in [1.54, 1.807) is 41.3 Å². The molecule has 3 aromatic rings. The number of carbonyl (C=O) groups excluding carboxylic acids is 1. The van der Waals surface area contributed by atoms with Crippen molar-refractivity contribution in [3.05, 3.63) is 60.7 Å². The second-order valence-corrected chi connectivity index (χ2v) is 5.20. The van der Waals surface area contributed by atoms with Gasteiger partial charge in [0.05, 0.1) is 5.69 Å². The lowest BCUT2D eigenvalue weighted by Gasteiger charge is -2.19. The molecule has 0 unspecified atom stereocenters. The third-order valence-electron chi connectivity index (χ3n) is 3.61. The molecule has 120 valence electrons. The summed E-state index contributed by atoms with van der Waals surface area (Å²) in [7, 11) is 0. The van der Waals surface area contributed by atoms with E-state index in [1.165, 1.54) is 6.33 Å². The van der Waals surface area contributed by atoms with Crippen molar-refractivity contribution in [1.82, 2.24) is 14.8 Å². The second kappa shape index (κ2) is 6.04. The first-order chi connectivity index (χ1) is 11.8. The molecule has 1 N–H and O–H groups in total. The van der Waals surface area contributed by atoms with E-state index in [0.717, 1.165) is 5.69 Å². The quantitative estimate of drug-likeness (QED) is 0.800. The standard InChI is InChI=1S/C17H14N4O3/c22-17(12-1-4-14(5-2-12)21-11-18-10-19-21)20-13-3-6-15-16(9-13)24-8-7-23-15/h1-6,9-11H,7-8H2,(H,20,22). The summed E-state index contributed by atoms with van der Waals surface area (Å²) in [5, 5.41) is 6.90. The number of hydrogen-bond donors (Lipinski definition) is 1. The number of nitrogens with one attached hydrogen (secondary N) is 1. The fraction of sp³-hybridized carbons (Fsp3) is 0.118. The lowest BCUT2D eigenvalue weighted by molar-refractivity contribution is 0.102. The number of hydrogen-bond acceptors (Lipinski definition) is 5. The van der Waals surface area contributed by atoms with E-state index < -0.39 is 0 Å². The van der Waals surface area contributed by atoms with Gasteiger partial charge in [-0.25, -0.2) is 9.67 Å². The number of amides is 1. The predicted molar refractivity (Wildman–Crippen MR) is 86.7 cm³/mol. The number of nitrogens with zero attached hydrogens (tertiary/aromatic N) is 3. The van der Waals surface area contributed by atoms with Crippen LogP contribution in [0.25, 0.3) is 5.69 Å². The van der Waals surface area contributed by atoms with Crippen LogP contribution in [0.3, 0.4) is 0 Å². The molecule has 0 spiro atoms. The Hall–Kier alpha value is -3.35. The van der Waals surface area contributed by atoms with Crippen LogP contribution in [0.1, 0.15) is 10.4 Å². The zero-order valence-corrected chi connectivity index (χ0v) is 12.7. The van der Waals surface area contributed by atoms with Gasteiger partial charge in [-0.2, -0.15) is 5.10 Å². The van der Waals surface area contributed by atoms with E-state index in [2.05, 4.69) is 15.4 Å². The summed E-state index contributed by atoms with van der Waals surface area (Å²) in [4.78, 5) is 16.3. The predicted octanol–water partition coefficient (Wildman–Crippen LogP) is 2.29. The van der Waals surface area contributed by atoms with Crippen LogP contribution in [-0.4, -0.2) is 33.9 Å². The minimum absolute atomic E-state index is 0.197. The lowest BCUT2D eigenvalue weighted by atomic mass is 10.2. The zero-order valence-electron chi connectivity index (χ0n) is 12.7. The van der Waals surface area contributed by atoms with Gasteiger partial charge in [0.2, 0.25) is 0 Å². The first-order valence-electron chi connectivity index (χ1n) is 7.46. The molecule has 1 aliphatic rings. The maximum Gasteiger partial charge on any atom is 0.255 e. The van der Waals surface area contributed by atoms with Crippen LogP contribution in [0.2, 0.25) is 0 Å². The van der Waals surface area contributed by atoms with Gasteiger partial charge >= 0.3 is 0 Å². The summed E-state index contributed by atoms with van der Waals surface area (Å²) in [6.07, 6.45) is 3.06. The highest BCUT2D eigenvalue weighted by molar-refractivity contribution is 6.04. The van der Waals surface area contributed by atoms with Gasteiger partial charge in [0.15, 0.2) is 11.5 Å². The van der Waals surface area contributed by atoms with Gasteiger partial charge in [0, 0.05) is 17.3 Å². The number of anilines is 1. The minimum Gasteiger partial charge on any atom is -0.486 e. The number of aromatic nitrogens is 3. The van der Waals surface area contributed by atoms with Crippen molar-refractivity contribution in [3.8, 4) is 17.2 Å². The summed E-state index contributed by atoms with van der Waals surface area (Å²) < 4.78 is 12.6. The molecule has 0 atom stereocenters. The van der Waals surface area contributed by atoms with Crippen LogP contribution in [0.5, 0.6) is 11.5 Å². The van der Waals surface area contributed by atoms with Gasteiger partial charge in [-0.15, -0.1) is 0 Å². The van der Waals surface area contributed by atoms with Gasteiger partial charge in [-0.05, 0) is 36.4 Å². The summed E-state index contributed by atoms with van der Waals surface area (Å²) in [5.74, 6) is 1.13. The topological polar surface area (TPSA) is 78.3 Å². The number of carbonyl (C=O) groups is 1. The summed E-state index contributed by atoms with van der Waals surface area (Å²) in [6.45, 7) is 1.05. The Morgan fingerprint density at radius 3 is 2.58 bits per heavy atom. The number of ether oxygens (including phenoxy) is 2. The second-order valence-electron chi connectivity index (χ2n) is 5.20. The SMILES string of the molecule is O=C(Nc1ccc2c(c1)OCCO2)c1ccc(-n2cncn2)cc1. The van der Waals surface area contributed by atoms with E-state index in [4.69, 9.17) is 9.47 Å². The van der Waals surface area contributed by atoms with Crippen LogP contribution in [0.4, 0.5) is 5.69 Å². The van der Waals surface area contributed by atoms with Crippen LogP contribution in [0, 0.1) is 0 Å². The normalized spacial score (nSPS) is 12.7. The maximum absolute atomic E-state index is 12.4. The van der Waals surface area contributed by atoms with Crippen LogP contribution in [0.15, 0.2) is 55.1 Å². The maximum atomic E-state index is 12.4. The molecule has 1 amide bonds. The van der Waals surface area contributed by atoms with Crippen molar-refractivity contribution in [3.63, 3.8) is 0 Å². The van der Waals surface area contributed by atoms with Gasteiger partial charge < -0.3 is 14.8 Å². The molecule has 4 rings (SSSR count). The van der Waals surface area contributed by atoms with Gasteiger partial charge in [-0.3, -0.25) is 4.79 Å². The molecule has 2 heterocycles. The molecular formula is C17H14N4O3. The fourth-order valence-corrected chi connectivity index (χ4v) is 2.43. The molecule has 0 fully saturated rings. The molecule has 0 aliphatic carbocycles. The number of rotatable bonds is 3. The minimum atomic E-state index is -0.197. The monoisotopic (exact) mass is 322 g/mol. The summed E-state index contributed by atoms with van der Waals surface area (Å²) in [5.41, 5.74) is 2.04. The Balaban J connectivity index is 1.50. The highest BCUT2D eigenvalue weighted by atomic mass is 16.6. The molecule has 0 radical (unpaired) electrons. The highest BCUT2D eigenvalue weighted by Crippen LogP contribution is 2.32. The van der Waals surface area contributed by atoms with Crippen molar-refractivity contribution >= 4 is 11.6 Å². The summed E-state index contributed by atoms with van der Waals surface area (Å²) >= 11 is 0. The molecule has 0 saturated carbocycles. The van der Waals surface area contributed by atoms with E-state index in [1.807, 2.05) is 12.1 Å². The zero-order chi connectivity index (χ0) is 16.4. The van der Waals surface area contributed by atoms with Gasteiger partial charge in [-0.1, -0.05) is 0 Å².